The minimum Gasteiger partial charge on any atom is -0.481 e. The highest BCUT2D eigenvalue weighted by Gasteiger charge is 2.37. The van der Waals surface area contributed by atoms with Gasteiger partial charge in [-0.15, -0.1) is 0 Å². The third-order valence-electron chi connectivity index (χ3n) is 10.8. The first kappa shape index (κ1) is 71.0. The summed E-state index contributed by atoms with van der Waals surface area (Å²) in [6.07, 6.45) is 2.27. The Labute approximate surface area is 467 Å². The molecule has 0 spiro atoms. The van der Waals surface area contributed by atoms with E-state index in [1.165, 1.54) is 4.90 Å². The summed E-state index contributed by atoms with van der Waals surface area (Å²) < 4.78 is 22.3. The standard InChI is InChI=1S/C22H35Cl3N2O6.C17H26Cl3NO5.C11H20O4/c1-13(2)16(10-17(28)33-21(4,5)6)18(29)26-14(3)19(30)27-9-7-8-15(11-27)20(31)32-12-22(23,24)25;1-11(8-13(22)26-16(2,3)4)14(23)21-7-5-6-12(9-21)15(24)25-10-17(18,19)20;1-7(2)8(10(13)14)6-9(12)15-11(3,4)5/h13-16H,7-12H2,1-6H3,(H,26,29);11-12H,5-10H2,1-4H3;7-8H,6H2,1-5H3,(H,13,14)/t14-,15+,16-;11-,12-;8-/m010/s1. The number of carboxylic acid groups (broad SMARTS) is 1. The van der Waals surface area contributed by atoms with E-state index in [-0.39, 0.29) is 69.2 Å². The zero-order valence-electron chi connectivity index (χ0n) is 45.6. The Balaban J connectivity index is 0.00000116. The number of rotatable bonds is 17. The molecule has 0 aromatic carbocycles. The Morgan fingerprint density at radius 3 is 1.20 bits per heavy atom. The maximum Gasteiger partial charge on any atom is 0.310 e. The number of hydrogen-bond donors (Lipinski definition) is 2. The van der Waals surface area contributed by atoms with Crippen LogP contribution in [-0.4, -0.2) is 138 Å². The van der Waals surface area contributed by atoms with E-state index in [1.807, 2.05) is 13.8 Å². The Kier molecular flexibility index (Phi) is 30.1. The maximum absolute atomic E-state index is 12.9. The van der Waals surface area contributed by atoms with Crippen LogP contribution >= 0.6 is 69.6 Å². The molecule has 428 valence electrons. The number of halogens is 6. The average molecular weight is 1180 g/mol. The molecule has 24 heteroatoms. The fraction of sp³-hybridized carbons (Fsp3) is 0.820. The number of nitrogens with zero attached hydrogens (tertiary/aromatic N) is 2. The minimum atomic E-state index is -1.70. The topological polar surface area (TPSA) is 239 Å². The fourth-order valence-electron chi connectivity index (χ4n) is 7.33. The number of carbonyl (C=O) groups is 9. The molecule has 0 unspecified atom stereocenters. The molecule has 2 aliphatic heterocycles. The van der Waals surface area contributed by atoms with Gasteiger partial charge in [-0.25, -0.2) is 0 Å². The zero-order chi connectivity index (χ0) is 57.9. The molecule has 6 atom stereocenters. The smallest absolute Gasteiger partial charge is 0.310 e. The number of amides is 3. The number of esters is 5. The summed E-state index contributed by atoms with van der Waals surface area (Å²) in [6, 6.07) is -0.826. The average Bonchev–Trinajstić information content (AvgIpc) is 3.22. The van der Waals surface area contributed by atoms with Gasteiger partial charge in [0.25, 0.3) is 0 Å². The lowest BCUT2D eigenvalue weighted by molar-refractivity contribution is -0.160. The van der Waals surface area contributed by atoms with Crippen molar-refractivity contribution in [1.29, 1.82) is 0 Å². The van der Waals surface area contributed by atoms with E-state index in [4.69, 9.17) is 98.4 Å². The van der Waals surface area contributed by atoms with Crippen molar-refractivity contribution in [2.45, 2.75) is 179 Å². The van der Waals surface area contributed by atoms with E-state index in [0.29, 0.717) is 38.8 Å². The minimum absolute atomic E-state index is 0.00498. The number of carboxylic acids is 1. The second-order valence-corrected chi connectivity index (χ2v) is 27.3. The van der Waals surface area contributed by atoms with Gasteiger partial charge in [0.2, 0.25) is 25.3 Å². The van der Waals surface area contributed by atoms with Crippen LogP contribution in [0.3, 0.4) is 0 Å². The van der Waals surface area contributed by atoms with E-state index in [9.17, 15) is 43.2 Å². The molecular weight excluding hydrogens is 1100 g/mol. The second-order valence-electron chi connectivity index (χ2n) is 22.2. The van der Waals surface area contributed by atoms with E-state index in [2.05, 4.69) is 5.32 Å². The molecule has 2 heterocycles. The molecule has 0 aromatic heterocycles. The summed E-state index contributed by atoms with van der Waals surface area (Å²) in [5, 5.41) is 11.6. The van der Waals surface area contributed by atoms with Gasteiger partial charge in [-0.2, -0.15) is 0 Å². The molecule has 18 nitrogen and oxygen atoms in total. The zero-order valence-corrected chi connectivity index (χ0v) is 50.2. The van der Waals surface area contributed by atoms with Crippen molar-refractivity contribution in [3.05, 3.63) is 0 Å². The third-order valence-corrected chi connectivity index (χ3v) is 11.5. The first-order valence-electron chi connectivity index (χ1n) is 24.6. The summed E-state index contributed by atoms with van der Waals surface area (Å²) in [6.45, 7) is 27.0. The van der Waals surface area contributed by atoms with Crippen LogP contribution in [0.25, 0.3) is 0 Å². The molecule has 0 radical (unpaired) electrons. The largest absolute Gasteiger partial charge is 0.481 e. The third kappa shape index (κ3) is 31.9. The number of aliphatic carboxylic acids is 1. The van der Waals surface area contributed by atoms with Gasteiger partial charge < -0.3 is 43.9 Å². The van der Waals surface area contributed by atoms with Crippen molar-refractivity contribution in [3.63, 3.8) is 0 Å². The molecule has 0 aliphatic carbocycles. The van der Waals surface area contributed by atoms with Gasteiger partial charge in [0, 0.05) is 32.1 Å². The lowest BCUT2D eigenvalue weighted by Gasteiger charge is -2.34. The van der Waals surface area contributed by atoms with E-state index in [0.717, 1.165) is 0 Å². The SMILES string of the molecule is CC(C)[C@H](CC(=O)OC(C)(C)C)C(=O)N[C@@H](C)C(=O)N1CCC[C@@H](C(=O)OCC(Cl)(Cl)Cl)C1.CC(C)[C@H](CC(=O)OC(C)(C)C)C(=O)O.C[C@H](CC(=O)OC(C)(C)C)C(=O)N1CCC[C@@H](C(=O)OCC(Cl)(Cl)Cl)C1. The van der Waals surface area contributed by atoms with Gasteiger partial charge in [0.05, 0.1) is 42.9 Å². The highest BCUT2D eigenvalue weighted by molar-refractivity contribution is 6.68. The van der Waals surface area contributed by atoms with Gasteiger partial charge in [0.1, 0.15) is 36.1 Å². The van der Waals surface area contributed by atoms with Crippen LogP contribution in [0.1, 0.15) is 149 Å². The lowest BCUT2D eigenvalue weighted by atomic mass is 9.91. The molecule has 3 amide bonds. The normalized spacial score (nSPS) is 18.1. The van der Waals surface area contributed by atoms with E-state index in [1.54, 1.807) is 94.9 Å². The van der Waals surface area contributed by atoms with Crippen LogP contribution < -0.4 is 5.32 Å². The molecular formula is C50H81Cl6N3O15. The molecule has 2 saturated heterocycles. The summed E-state index contributed by atoms with van der Waals surface area (Å²) in [4.78, 5) is 112. The highest BCUT2D eigenvalue weighted by atomic mass is 35.6. The molecule has 0 aromatic rings. The van der Waals surface area contributed by atoms with Crippen LogP contribution in [0.4, 0.5) is 0 Å². The number of hydrogen-bond acceptors (Lipinski definition) is 14. The molecule has 74 heavy (non-hydrogen) atoms. The van der Waals surface area contributed by atoms with Crippen LogP contribution in [-0.2, 0) is 66.8 Å². The first-order chi connectivity index (χ1) is 33.4. The van der Waals surface area contributed by atoms with Crippen molar-refractivity contribution >= 4 is 123 Å². The van der Waals surface area contributed by atoms with Crippen molar-refractivity contribution in [2.75, 3.05) is 39.4 Å². The number of likely N-dealkylation sites (tertiary alicyclic amines) is 2. The first-order valence-corrected chi connectivity index (χ1v) is 26.9. The lowest BCUT2D eigenvalue weighted by Crippen LogP contribution is -2.52. The van der Waals surface area contributed by atoms with E-state index >= 15 is 0 Å². The second kappa shape index (κ2) is 31.4. The number of alkyl halides is 6. The summed E-state index contributed by atoms with van der Waals surface area (Å²) in [5.74, 6) is -7.26. The van der Waals surface area contributed by atoms with Crippen LogP contribution in [0.2, 0.25) is 0 Å². The van der Waals surface area contributed by atoms with Gasteiger partial charge in [0.15, 0.2) is 0 Å². The molecule has 2 aliphatic rings. The number of piperidine rings is 2. The van der Waals surface area contributed by atoms with Crippen LogP contribution in [0.15, 0.2) is 0 Å². The number of ether oxygens (including phenoxy) is 5. The summed E-state index contributed by atoms with van der Waals surface area (Å²) in [5.41, 5.74) is -1.80. The Morgan fingerprint density at radius 1 is 0.541 bits per heavy atom. The Hall–Kier alpha value is -3.03. The van der Waals surface area contributed by atoms with Crippen molar-refractivity contribution in [2.24, 2.45) is 41.4 Å². The van der Waals surface area contributed by atoms with Crippen molar-refractivity contribution < 1.29 is 71.9 Å². The molecule has 2 rings (SSSR count). The molecule has 0 bridgehead atoms. The quantitative estimate of drug-likeness (QED) is 0.0784. The van der Waals surface area contributed by atoms with Crippen molar-refractivity contribution in [3.8, 4) is 0 Å². The number of nitrogens with one attached hydrogen (secondary N) is 1. The maximum atomic E-state index is 12.9. The van der Waals surface area contributed by atoms with E-state index < -0.39 is 102 Å². The predicted molar refractivity (Wildman–Crippen MR) is 284 cm³/mol. The highest BCUT2D eigenvalue weighted by Crippen LogP contribution is 2.29. The number of carbonyl (C=O) groups excluding carboxylic acids is 8. The van der Waals surface area contributed by atoms with Crippen LogP contribution in [0.5, 0.6) is 0 Å². The predicted octanol–water partition coefficient (Wildman–Crippen LogP) is 9.23. The van der Waals surface area contributed by atoms with Gasteiger partial charge >= 0.3 is 35.8 Å². The Morgan fingerprint density at radius 2 is 0.878 bits per heavy atom. The molecule has 0 saturated carbocycles. The van der Waals surface area contributed by atoms with Gasteiger partial charge in [-0.3, -0.25) is 43.2 Å². The monoisotopic (exact) mass is 1170 g/mol. The molecule has 2 fully saturated rings. The summed E-state index contributed by atoms with van der Waals surface area (Å²) in [7, 11) is 0. The van der Waals surface area contributed by atoms with Gasteiger partial charge in [-0.1, -0.05) is 104 Å². The molecule has 2 N–H and O–H groups in total. The summed E-state index contributed by atoms with van der Waals surface area (Å²) >= 11 is 33.6. The van der Waals surface area contributed by atoms with Crippen molar-refractivity contribution in [1.82, 2.24) is 15.1 Å². The van der Waals surface area contributed by atoms with Gasteiger partial charge in [-0.05, 0) is 107 Å². The Bertz CT molecular complexity index is 1890. The fourth-order valence-corrected chi connectivity index (χ4v) is 7.66. The van der Waals surface area contributed by atoms with Crippen LogP contribution in [0, 0.1) is 41.4 Å².